The van der Waals surface area contributed by atoms with Gasteiger partial charge in [-0.25, -0.2) is 0 Å². The van der Waals surface area contributed by atoms with Gasteiger partial charge in [0.15, 0.2) is 0 Å². The van der Waals surface area contributed by atoms with Gasteiger partial charge in [0.25, 0.3) is 0 Å². The second-order valence-corrected chi connectivity index (χ2v) is 8.29. The van der Waals surface area contributed by atoms with Gasteiger partial charge >= 0.3 is 0 Å². The zero-order valence-corrected chi connectivity index (χ0v) is 17.3. The van der Waals surface area contributed by atoms with E-state index in [1.807, 2.05) is 72.9 Å². The van der Waals surface area contributed by atoms with Gasteiger partial charge < -0.3 is 4.98 Å². The van der Waals surface area contributed by atoms with E-state index in [4.69, 9.17) is 0 Å². The third-order valence-corrected chi connectivity index (χ3v) is 6.38. The van der Waals surface area contributed by atoms with Crippen molar-refractivity contribution in [3.63, 3.8) is 0 Å². The number of aromatic nitrogens is 1. The van der Waals surface area contributed by atoms with E-state index < -0.39 is 5.41 Å². The number of carbonyl (C=O) groups is 2. The molecule has 1 aliphatic rings. The Morgan fingerprint density at radius 1 is 0.839 bits per heavy atom. The van der Waals surface area contributed by atoms with Crippen LogP contribution in [0, 0.1) is 0 Å². The number of nitrogens with zero attached hydrogens (tertiary/aromatic N) is 1. The maximum absolute atomic E-state index is 13.8. The van der Waals surface area contributed by atoms with Gasteiger partial charge in [-0.15, -0.1) is 0 Å². The summed E-state index contributed by atoms with van der Waals surface area (Å²) in [7, 11) is 0. The quantitative estimate of drug-likeness (QED) is 0.457. The molecule has 0 bridgehead atoms. The summed E-state index contributed by atoms with van der Waals surface area (Å²) in [5.74, 6) is -0.191. The van der Waals surface area contributed by atoms with Crippen molar-refractivity contribution in [2.75, 3.05) is 0 Å². The van der Waals surface area contributed by atoms with E-state index in [0.717, 1.165) is 28.5 Å². The molecular weight excluding hydrogens is 384 g/mol. The third-order valence-electron chi connectivity index (χ3n) is 6.38. The van der Waals surface area contributed by atoms with Gasteiger partial charge in [-0.2, -0.15) is 0 Å². The van der Waals surface area contributed by atoms with E-state index in [0.29, 0.717) is 13.0 Å². The lowest BCUT2D eigenvalue weighted by Gasteiger charge is -2.28. The summed E-state index contributed by atoms with van der Waals surface area (Å²) >= 11 is 0. The highest BCUT2D eigenvalue weighted by Crippen LogP contribution is 2.42. The lowest BCUT2D eigenvalue weighted by Crippen LogP contribution is -2.38. The van der Waals surface area contributed by atoms with Crippen LogP contribution in [0.25, 0.3) is 10.9 Å². The fraction of sp³-hybridized carbons (Fsp3) is 0.185. The minimum absolute atomic E-state index is 0.0906. The molecule has 0 saturated carbocycles. The SMILES string of the molecule is O=C1CC(CCc2ccccc2)(c2ccc3[nH]ccc3c2)C(=O)N1Cc1ccccc1. The maximum Gasteiger partial charge on any atom is 0.240 e. The van der Waals surface area contributed by atoms with Crippen LogP contribution in [0.4, 0.5) is 0 Å². The van der Waals surface area contributed by atoms with E-state index in [1.165, 1.54) is 10.5 Å². The lowest BCUT2D eigenvalue weighted by molar-refractivity contribution is -0.140. The predicted octanol–water partition coefficient (Wildman–Crippen LogP) is 5.00. The molecular formula is C27H24N2O2. The molecule has 2 amide bonds. The Hall–Kier alpha value is -3.66. The monoisotopic (exact) mass is 408 g/mol. The number of H-pyrrole nitrogens is 1. The largest absolute Gasteiger partial charge is 0.361 e. The number of hydrogen-bond acceptors (Lipinski definition) is 2. The van der Waals surface area contributed by atoms with Crippen LogP contribution in [0.5, 0.6) is 0 Å². The van der Waals surface area contributed by atoms with Gasteiger partial charge in [-0.3, -0.25) is 14.5 Å². The van der Waals surface area contributed by atoms with Gasteiger partial charge in [0, 0.05) is 18.1 Å². The number of likely N-dealkylation sites (tertiary alicyclic amines) is 1. The van der Waals surface area contributed by atoms with Crippen LogP contribution in [0.3, 0.4) is 0 Å². The molecule has 1 aromatic heterocycles. The predicted molar refractivity (Wildman–Crippen MR) is 121 cm³/mol. The van der Waals surface area contributed by atoms with Crippen LogP contribution in [-0.2, 0) is 28.0 Å². The summed E-state index contributed by atoms with van der Waals surface area (Å²) in [6.07, 6.45) is 3.45. The number of rotatable bonds is 6. The van der Waals surface area contributed by atoms with Gasteiger partial charge in [-0.05, 0) is 53.1 Å². The number of aryl methyl sites for hydroxylation is 1. The molecule has 31 heavy (non-hydrogen) atoms. The van der Waals surface area contributed by atoms with Crippen molar-refractivity contribution in [3.8, 4) is 0 Å². The molecule has 1 aliphatic heterocycles. The fourth-order valence-electron chi connectivity index (χ4n) is 4.65. The topological polar surface area (TPSA) is 53.2 Å². The van der Waals surface area contributed by atoms with Crippen LogP contribution in [0.1, 0.15) is 29.5 Å². The van der Waals surface area contributed by atoms with Crippen molar-refractivity contribution in [1.29, 1.82) is 0 Å². The number of aromatic amines is 1. The van der Waals surface area contributed by atoms with Crippen molar-refractivity contribution in [2.45, 2.75) is 31.2 Å². The maximum atomic E-state index is 13.8. The minimum Gasteiger partial charge on any atom is -0.361 e. The van der Waals surface area contributed by atoms with Crippen molar-refractivity contribution < 1.29 is 9.59 Å². The van der Waals surface area contributed by atoms with Gasteiger partial charge in [0.1, 0.15) is 0 Å². The van der Waals surface area contributed by atoms with Gasteiger partial charge in [0.2, 0.25) is 11.8 Å². The molecule has 1 fully saturated rings. The number of benzene rings is 3. The van der Waals surface area contributed by atoms with Crippen LogP contribution < -0.4 is 0 Å². The van der Waals surface area contributed by atoms with Crippen molar-refractivity contribution >= 4 is 22.7 Å². The molecule has 1 atom stereocenters. The summed E-state index contributed by atoms with van der Waals surface area (Å²) in [6, 6.07) is 28.0. The summed E-state index contributed by atoms with van der Waals surface area (Å²) in [4.78, 5) is 31.6. The zero-order valence-electron chi connectivity index (χ0n) is 17.3. The second-order valence-electron chi connectivity index (χ2n) is 8.29. The molecule has 5 rings (SSSR count). The van der Waals surface area contributed by atoms with Crippen molar-refractivity contribution in [3.05, 3.63) is 108 Å². The Morgan fingerprint density at radius 2 is 1.55 bits per heavy atom. The molecule has 0 radical (unpaired) electrons. The molecule has 154 valence electrons. The summed E-state index contributed by atoms with van der Waals surface area (Å²) < 4.78 is 0. The normalized spacial score (nSPS) is 18.8. The Balaban J connectivity index is 1.53. The first kappa shape index (κ1) is 19.3. The number of amides is 2. The van der Waals surface area contributed by atoms with E-state index in [2.05, 4.69) is 23.2 Å². The van der Waals surface area contributed by atoms with Crippen LogP contribution >= 0.6 is 0 Å². The van der Waals surface area contributed by atoms with Crippen LogP contribution in [0.15, 0.2) is 91.1 Å². The summed E-state index contributed by atoms with van der Waals surface area (Å²) in [5, 5.41) is 1.05. The molecule has 1 saturated heterocycles. The number of fused-ring (bicyclic) bond motifs is 1. The average Bonchev–Trinajstić information content (AvgIpc) is 3.37. The molecule has 0 aliphatic carbocycles. The molecule has 1 unspecified atom stereocenters. The third kappa shape index (κ3) is 3.55. The smallest absolute Gasteiger partial charge is 0.240 e. The number of carbonyl (C=O) groups excluding carboxylic acids is 2. The molecule has 3 aromatic carbocycles. The van der Waals surface area contributed by atoms with Crippen molar-refractivity contribution in [2.24, 2.45) is 0 Å². The first-order chi connectivity index (χ1) is 15.2. The highest BCUT2D eigenvalue weighted by Gasteiger charge is 2.52. The van der Waals surface area contributed by atoms with Gasteiger partial charge in [-0.1, -0.05) is 66.7 Å². The zero-order chi connectivity index (χ0) is 21.3. The molecule has 1 N–H and O–H groups in total. The number of nitrogens with one attached hydrogen (secondary N) is 1. The number of imide groups is 1. The molecule has 4 nitrogen and oxygen atoms in total. The van der Waals surface area contributed by atoms with Crippen LogP contribution in [-0.4, -0.2) is 21.7 Å². The van der Waals surface area contributed by atoms with E-state index in [9.17, 15) is 9.59 Å². The molecule has 2 heterocycles. The molecule has 4 heteroatoms. The standard InChI is InChI=1S/C27H24N2O2/c30-25-18-27(15-13-20-7-3-1-4-8-20,23-11-12-24-22(17-23)14-16-28-24)26(31)29(25)19-21-9-5-2-6-10-21/h1-12,14,16-17,28H,13,15,18-19H2. The van der Waals surface area contributed by atoms with Crippen molar-refractivity contribution in [1.82, 2.24) is 9.88 Å². The Morgan fingerprint density at radius 3 is 2.29 bits per heavy atom. The van der Waals surface area contributed by atoms with E-state index in [-0.39, 0.29) is 18.2 Å². The van der Waals surface area contributed by atoms with E-state index >= 15 is 0 Å². The minimum atomic E-state index is -0.840. The first-order valence-electron chi connectivity index (χ1n) is 10.7. The molecule has 0 spiro atoms. The number of hydrogen-bond donors (Lipinski definition) is 1. The first-order valence-corrected chi connectivity index (χ1v) is 10.7. The van der Waals surface area contributed by atoms with E-state index in [1.54, 1.807) is 0 Å². The Kier molecular flexibility index (Phi) is 4.91. The molecule has 4 aromatic rings. The Bertz CT molecular complexity index is 1230. The highest BCUT2D eigenvalue weighted by molar-refractivity contribution is 6.09. The Labute approximate surface area is 181 Å². The summed E-state index contributed by atoms with van der Waals surface area (Å²) in [5.41, 5.74) is 3.24. The summed E-state index contributed by atoms with van der Waals surface area (Å²) in [6.45, 7) is 0.317. The lowest BCUT2D eigenvalue weighted by atomic mass is 9.74. The second kappa shape index (κ2) is 7.88. The fourth-order valence-corrected chi connectivity index (χ4v) is 4.65. The van der Waals surface area contributed by atoms with Crippen LogP contribution in [0.2, 0.25) is 0 Å². The van der Waals surface area contributed by atoms with Gasteiger partial charge in [0.05, 0.1) is 12.0 Å². The average molecular weight is 409 g/mol. The highest BCUT2D eigenvalue weighted by atomic mass is 16.2.